The van der Waals surface area contributed by atoms with Crippen LogP contribution in [0, 0.1) is 0 Å². The Balaban J connectivity index is 1.97. The second kappa shape index (κ2) is 4.18. The number of likely N-dealkylation sites (tertiary alicyclic amines) is 1. The zero-order chi connectivity index (χ0) is 10.8. The number of carboxylic acids is 1. The monoisotopic (exact) mass is 212 g/mol. The van der Waals surface area contributed by atoms with Crippen molar-refractivity contribution in [2.75, 3.05) is 13.1 Å². The fourth-order valence-electron chi connectivity index (χ4n) is 2.36. The van der Waals surface area contributed by atoms with E-state index < -0.39 is 12.0 Å². The second-order valence-corrected chi connectivity index (χ2v) is 4.25. The second-order valence-electron chi connectivity index (χ2n) is 4.25. The van der Waals surface area contributed by atoms with Crippen molar-refractivity contribution >= 4 is 11.9 Å². The van der Waals surface area contributed by atoms with Crippen molar-refractivity contribution in [2.45, 2.75) is 37.8 Å². The molecule has 0 saturated carbocycles. The molecular formula is C10H16N2O3. The zero-order valence-electron chi connectivity index (χ0n) is 8.61. The third-order valence-electron chi connectivity index (χ3n) is 3.21. The third-order valence-corrected chi connectivity index (χ3v) is 3.21. The van der Waals surface area contributed by atoms with Gasteiger partial charge in [-0.25, -0.2) is 4.79 Å². The standard InChI is InChI=1S/C10H16N2O3/c13-9-8(6-7(11-9)10(14)15)12-4-2-1-3-5-12/h7-8H,1-6H2,(H,11,13)(H,14,15). The molecule has 2 N–H and O–H groups in total. The Morgan fingerprint density at radius 3 is 2.53 bits per heavy atom. The summed E-state index contributed by atoms with van der Waals surface area (Å²) < 4.78 is 0. The van der Waals surface area contributed by atoms with Crippen molar-refractivity contribution in [1.82, 2.24) is 10.2 Å². The van der Waals surface area contributed by atoms with Crippen LogP contribution in [0.25, 0.3) is 0 Å². The first kappa shape index (κ1) is 10.4. The van der Waals surface area contributed by atoms with E-state index >= 15 is 0 Å². The number of nitrogens with one attached hydrogen (secondary N) is 1. The van der Waals surface area contributed by atoms with E-state index in [2.05, 4.69) is 10.2 Å². The van der Waals surface area contributed by atoms with E-state index in [1.807, 2.05) is 0 Å². The number of carbonyl (C=O) groups is 2. The largest absolute Gasteiger partial charge is 0.480 e. The quantitative estimate of drug-likeness (QED) is 0.666. The van der Waals surface area contributed by atoms with E-state index in [0.717, 1.165) is 25.9 Å². The molecule has 2 heterocycles. The minimum absolute atomic E-state index is 0.121. The van der Waals surface area contributed by atoms with Gasteiger partial charge in [0.25, 0.3) is 0 Å². The predicted molar refractivity (Wildman–Crippen MR) is 53.4 cm³/mol. The van der Waals surface area contributed by atoms with Crippen molar-refractivity contribution in [2.24, 2.45) is 0 Å². The van der Waals surface area contributed by atoms with Crippen LogP contribution in [0.15, 0.2) is 0 Å². The molecule has 0 spiro atoms. The minimum Gasteiger partial charge on any atom is -0.480 e. The van der Waals surface area contributed by atoms with Gasteiger partial charge in [0.2, 0.25) is 5.91 Å². The normalized spacial score (nSPS) is 32.7. The molecule has 15 heavy (non-hydrogen) atoms. The number of amides is 1. The highest BCUT2D eigenvalue weighted by atomic mass is 16.4. The van der Waals surface area contributed by atoms with Crippen LogP contribution in [-0.4, -0.2) is 47.1 Å². The zero-order valence-corrected chi connectivity index (χ0v) is 8.61. The molecule has 0 aromatic heterocycles. The highest BCUT2D eigenvalue weighted by molar-refractivity contribution is 5.91. The van der Waals surface area contributed by atoms with E-state index in [9.17, 15) is 9.59 Å². The number of rotatable bonds is 2. The van der Waals surface area contributed by atoms with Gasteiger partial charge in [0.15, 0.2) is 0 Å². The molecule has 0 aromatic carbocycles. The van der Waals surface area contributed by atoms with E-state index in [0.29, 0.717) is 6.42 Å². The molecular weight excluding hydrogens is 196 g/mol. The lowest BCUT2D eigenvalue weighted by atomic mass is 10.1. The first-order valence-electron chi connectivity index (χ1n) is 5.46. The maximum absolute atomic E-state index is 11.6. The molecule has 5 heteroatoms. The van der Waals surface area contributed by atoms with Crippen molar-refractivity contribution in [3.05, 3.63) is 0 Å². The van der Waals surface area contributed by atoms with E-state index in [-0.39, 0.29) is 11.9 Å². The maximum Gasteiger partial charge on any atom is 0.326 e. The maximum atomic E-state index is 11.6. The number of nitrogens with zero attached hydrogens (tertiary/aromatic N) is 1. The van der Waals surface area contributed by atoms with E-state index in [1.165, 1.54) is 6.42 Å². The molecule has 2 rings (SSSR count). The summed E-state index contributed by atoms with van der Waals surface area (Å²) in [4.78, 5) is 24.4. The Bertz CT molecular complexity index is 274. The third kappa shape index (κ3) is 2.12. The van der Waals surface area contributed by atoms with Gasteiger partial charge in [-0.2, -0.15) is 0 Å². The first-order valence-corrected chi connectivity index (χ1v) is 5.46. The van der Waals surface area contributed by atoms with E-state index in [1.54, 1.807) is 0 Å². The highest BCUT2D eigenvalue weighted by Gasteiger charge is 2.39. The van der Waals surface area contributed by atoms with Gasteiger partial charge in [-0.1, -0.05) is 6.42 Å². The molecule has 0 aliphatic carbocycles. The van der Waals surface area contributed by atoms with Gasteiger partial charge in [0.05, 0.1) is 6.04 Å². The first-order chi connectivity index (χ1) is 7.18. The molecule has 5 nitrogen and oxygen atoms in total. The van der Waals surface area contributed by atoms with Gasteiger partial charge in [0, 0.05) is 6.42 Å². The van der Waals surface area contributed by atoms with Crippen LogP contribution in [0.3, 0.4) is 0 Å². The van der Waals surface area contributed by atoms with Crippen molar-refractivity contribution in [3.63, 3.8) is 0 Å². The molecule has 0 bridgehead atoms. The molecule has 2 aliphatic heterocycles. The number of carboxylic acid groups (broad SMARTS) is 1. The van der Waals surface area contributed by atoms with Crippen LogP contribution >= 0.6 is 0 Å². The lowest BCUT2D eigenvalue weighted by molar-refractivity contribution is -0.140. The number of aliphatic carboxylic acids is 1. The summed E-state index contributed by atoms with van der Waals surface area (Å²) in [6.07, 6.45) is 3.85. The van der Waals surface area contributed by atoms with Crippen LogP contribution in [-0.2, 0) is 9.59 Å². The van der Waals surface area contributed by atoms with E-state index in [4.69, 9.17) is 5.11 Å². The SMILES string of the molecule is O=C(O)C1CC(N2CCCCC2)C(=O)N1. The van der Waals surface area contributed by atoms with Crippen LogP contribution in [0.1, 0.15) is 25.7 Å². The van der Waals surface area contributed by atoms with Crippen molar-refractivity contribution in [1.29, 1.82) is 0 Å². The Hall–Kier alpha value is -1.10. The average molecular weight is 212 g/mol. The minimum atomic E-state index is -0.928. The molecule has 2 saturated heterocycles. The van der Waals surface area contributed by atoms with Crippen LogP contribution in [0.4, 0.5) is 0 Å². The molecule has 84 valence electrons. The van der Waals surface area contributed by atoms with Gasteiger partial charge in [-0.05, 0) is 25.9 Å². The predicted octanol–water partition coefficient (Wildman–Crippen LogP) is -0.186. The molecule has 0 aromatic rings. The number of hydrogen-bond donors (Lipinski definition) is 2. The van der Waals surface area contributed by atoms with Crippen LogP contribution < -0.4 is 5.32 Å². The Kier molecular flexibility index (Phi) is 2.90. The summed E-state index contributed by atoms with van der Waals surface area (Å²) in [6.45, 7) is 1.84. The number of carbonyl (C=O) groups excluding carboxylic acids is 1. The van der Waals surface area contributed by atoms with Gasteiger partial charge in [0.1, 0.15) is 6.04 Å². The number of piperidine rings is 1. The Labute approximate surface area is 88.4 Å². The fourth-order valence-corrected chi connectivity index (χ4v) is 2.36. The summed E-state index contributed by atoms with van der Waals surface area (Å²) in [7, 11) is 0. The van der Waals surface area contributed by atoms with Crippen LogP contribution in [0.2, 0.25) is 0 Å². The van der Waals surface area contributed by atoms with Gasteiger partial charge >= 0.3 is 5.97 Å². The summed E-state index contributed by atoms with van der Waals surface area (Å²) in [5.74, 6) is -1.05. The van der Waals surface area contributed by atoms with Crippen molar-refractivity contribution < 1.29 is 14.7 Å². The van der Waals surface area contributed by atoms with Gasteiger partial charge < -0.3 is 10.4 Å². The number of hydrogen-bond acceptors (Lipinski definition) is 3. The lowest BCUT2D eigenvalue weighted by Crippen LogP contribution is -2.43. The topological polar surface area (TPSA) is 69.6 Å². The van der Waals surface area contributed by atoms with Gasteiger partial charge in [-0.3, -0.25) is 9.69 Å². The lowest BCUT2D eigenvalue weighted by Gasteiger charge is -2.30. The summed E-state index contributed by atoms with van der Waals surface area (Å²) in [5.41, 5.74) is 0. The molecule has 2 unspecified atom stereocenters. The Morgan fingerprint density at radius 2 is 2.00 bits per heavy atom. The molecule has 0 radical (unpaired) electrons. The molecule has 2 fully saturated rings. The van der Waals surface area contributed by atoms with Crippen molar-refractivity contribution in [3.8, 4) is 0 Å². The van der Waals surface area contributed by atoms with Gasteiger partial charge in [-0.15, -0.1) is 0 Å². The molecule has 2 atom stereocenters. The molecule has 1 amide bonds. The summed E-state index contributed by atoms with van der Waals surface area (Å²) in [5, 5.41) is 11.3. The van der Waals surface area contributed by atoms with Crippen LogP contribution in [0.5, 0.6) is 0 Å². The Morgan fingerprint density at radius 1 is 1.33 bits per heavy atom. The summed E-state index contributed by atoms with van der Waals surface area (Å²) >= 11 is 0. The highest BCUT2D eigenvalue weighted by Crippen LogP contribution is 2.19. The fraction of sp³-hybridized carbons (Fsp3) is 0.800. The average Bonchev–Trinajstić information content (AvgIpc) is 2.62. The summed E-state index contributed by atoms with van der Waals surface area (Å²) in [6, 6.07) is -0.907. The smallest absolute Gasteiger partial charge is 0.326 e. The molecule has 2 aliphatic rings.